The third-order valence-corrected chi connectivity index (χ3v) is 5.91. The number of rotatable bonds is 4. The molecule has 2 aromatic rings. The van der Waals surface area contributed by atoms with E-state index in [0.717, 1.165) is 11.3 Å². The molecule has 0 fully saturated rings. The number of aromatic nitrogens is 2. The first-order valence-electron chi connectivity index (χ1n) is 5.37. The van der Waals surface area contributed by atoms with Crippen molar-refractivity contribution in [3.8, 4) is 0 Å². The Morgan fingerprint density at radius 2 is 2.10 bits per heavy atom. The Morgan fingerprint density at radius 1 is 1.38 bits per heavy atom. The summed E-state index contributed by atoms with van der Waals surface area (Å²) in [4.78, 5) is 10.9. The zero-order valence-electron chi connectivity index (χ0n) is 10.4. The van der Waals surface area contributed by atoms with Gasteiger partial charge in [-0.05, 0) is 34.1 Å². The molecule has 21 heavy (non-hydrogen) atoms. The zero-order chi connectivity index (χ0) is 15.6. The third-order valence-electron chi connectivity index (χ3n) is 2.09. The van der Waals surface area contributed by atoms with Gasteiger partial charge in [0.05, 0.1) is 10.7 Å². The number of hydrogen-bond donors (Lipinski definition) is 2. The van der Waals surface area contributed by atoms with Gasteiger partial charge in [0.15, 0.2) is 0 Å². The second-order valence-electron chi connectivity index (χ2n) is 3.79. The second-order valence-corrected chi connectivity index (χ2v) is 7.88. The molecule has 2 rings (SSSR count). The van der Waals surface area contributed by atoms with Crippen LogP contribution in [0.2, 0.25) is 5.02 Å². The minimum atomic E-state index is -3.89. The van der Waals surface area contributed by atoms with Crippen LogP contribution in [0.3, 0.4) is 0 Å². The normalized spacial score (nSPS) is 11.2. The lowest BCUT2D eigenvalue weighted by Gasteiger charge is -2.06. The number of amides is 1. The number of benzene rings is 1. The number of nitrogens with zero attached hydrogens (tertiary/aromatic N) is 2. The summed E-state index contributed by atoms with van der Waals surface area (Å²) in [5.41, 5.74) is 0.291. The van der Waals surface area contributed by atoms with Crippen molar-refractivity contribution in [1.82, 2.24) is 10.2 Å². The maximum Gasteiger partial charge on any atom is 0.291 e. The number of anilines is 2. The van der Waals surface area contributed by atoms with Gasteiger partial charge in [-0.3, -0.25) is 9.52 Å². The third kappa shape index (κ3) is 4.13. The summed E-state index contributed by atoms with van der Waals surface area (Å²) < 4.78 is 27.0. The van der Waals surface area contributed by atoms with Crippen LogP contribution in [0, 0.1) is 0 Å². The van der Waals surface area contributed by atoms with E-state index in [2.05, 4.69) is 36.2 Å². The standard InChI is InChI=1S/C10H8BrClN4O3S2/c1-5(17)13-9-14-15-10(20-9)21(18,19)16-6-2-3-7(11)8(12)4-6/h2-4,16H,1H3,(H,13,14,17). The van der Waals surface area contributed by atoms with Crippen LogP contribution in [-0.2, 0) is 14.8 Å². The summed E-state index contributed by atoms with van der Waals surface area (Å²) in [7, 11) is -3.89. The zero-order valence-corrected chi connectivity index (χ0v) is 14.4. The molecule has 0 aliphatic carbocycles. The van der Waals surface area contributed by atoms with Crippen LogP contribution in [0.25, 0.3) is 0 Å². The molecule has 0 aliphatic rings. The van der Waals surface area contributed by atoms with Gasteiger partial charge < -0.3 is 5.32 Å². The number of sulfonamides is 1. The minimum Gasteiger partial charge on any atom is -0.301 e. The van der Waals surface area contributed by atoms with E-state index >= 15 is 0 Å². The van der Waals surface area contributed by atoms with E-state index < -0.39 is 10.0 Å². The van der Waals surface area contributed by atoms with Gasteiger partial charge in [-0.25, -0.2) is 0 Å². The summed E-state index contributed by atoms with van der Waals surface area (Å²) in [5, 5.41) is 9.96. The Kier molecular flexibility index (Phi) is 4.81. The summed E-state index contributed by atoms with van der Waals surface area (Å²) in [5.74, 6) is -0.359. The predicted octanol–water partition coefficient (Wildman–Crippen LogP) is 2.71. The van der Waals surface area contributed by atoms with E-state index in [1.807, 2.05) is 0 Å². The van der Waals surface area contributed by atoms with Crippen molar-refractivity contribution in [1.29, 1.82) is 0 Å². The lowest BCUT2D eigenvalue weighted by molar-refractivity contribution is -0.114. The van der Waals surface area contributed by atoms with Crippen LogP contribution in [0.1, 0.15) is 6.92 Å². The molecule has 0 aliphatic heterocycles. The molecule has 0 unspecified atom stereocenters. The maximum absolute atomic E-state index is 12.1. The molecular weight excluding hydrogens is 404 g/mol. The van der Waals surface area contributed by atoms with Gasteiger partial charge in [0, 0.05) is 11.4 Å². The van der Waals surface area contributed by atoms with E-state index in [0.29, 0.717) is 15.2 Å². The van der Waals surface area contributed by atoms with Crippen LogP contribution in [-0.4, -0.2) is 24.5 Å². The highest BCUT2D eigenvalue weighted by molar-refractivity contribution is 9.10. The number of nitrogens with one attached hydrogen (secondary N) is 2. The molecular formula is C10H8BrClN4O3S2. The van der Waals surface area contributed by atoms with Gasteiger partial charge in [-0.1, -0.05) is 22.9 Å². The summed E-state index contributed by atoms with van der Waals surface area (Å²) >= 11 is 9.85. The SMILES string of the molecule is CC(=O)Nc1nnc(S(=O)(=O)Nc2ccc(Br)c(Cl)c2)s1. The smallest absolute Gasteiger partial charge is 0.291 e. The summed E-state index contributed by atoms with van der Waals surface area (Å²) in [6, 6.07) is 4.62. The van der Waals surface area contributed by atoms with Crippen molar-refractivity contribution in [3.05, 3.63) is 27.7 Å². The molecule has 112 valence electrons. The number of carbonyl (C=O) groups excluding carboxylic acids is 1. The van der Waals surface area contributed by atoms with Gasteiger partial charge in [-0.15, -0.1) is 10.2 Å². The number of carbonyl (C=O) groups is 1. The Labute approximate surface area is 137 Å². The Bertz CT molecular complexity index is 793. The molecule has 0 saturated carbocycles. The first-order chi connectivity index (χ1) is 9.78. The average molecular weight is 412 g/mol. The van der Waals surface area contributed by atoms with Crippen molar-refractivity contribution < 1.29 is 13.2 Å². The fraction of sp³-hybridized carbons (Fsp3) is 0.100. The van der Waals surface area contributed by atoms with Gasteiger partial charge in [-0.2, -0.15) is 8.42 Å². The Hall–Kier alpha value is -1.23. The topological polar surface area (TPSA) is 101 Å². The van der Waals surface area contributed by atoms with Gasteiger partial charge in [0.1, 0.15) is 0 Å². The molecule has 1 heterocycles. The average Bonchev–Trinajstić information content (AvgIpc) is 2.82. The number of halogens is 2. The molecule has 0 saturated heterocycles. The van der Waals surface area contributed by atoms with E-state index in [-0.39, 0.29) is 15.4 Å². The molecule has 7 nitrogen and oxygen atoms in total. The lowest BCUT2D eigenvalue weighted by Crippen LogP contribution is -2.12. The molecule has 0 spiro atoms. The largest absolute Gasteiger partial charge is 0.301 e. The molecule has 1 amide bonds. The predicted molar refractivity (Wildman–Crippen MR) is 84.2 cm³/mol. The quantitative estimate of drug-likeness (QED) is 0.753. The van der Waals surface area contributed by atoms with E-state index in [1.54, 1.807) is 12.1 Å². The van der Waals surface area contributed by atoms with Gasteiger partial charge >= 0.3 is 0 Å². The second kappa shape index (κ2) is 6.26. The fourth-order valence-electron chi connectivity index (χ4n) is 1.28. The molecule has 0 atom stereocenters. The van der Waals surface area contributed by atoms with E-state index in [9.17, 15) is 13.2 Å². The van der Waals surface area contributed by atoms with Crippen LogP contribution in [0.5, 0.6) is 0 Å². The molecule has 1 aromatic heterocycles. The molecule has 2 N–H and O–H groups in total. The lowest BCUT2D eigenvalue weighted by atomic mass is 10.3. The highest BCUT2D eigenvalue weighted by Gasteiger charge is 2.21. The highest BCUT2D eigenvalue weighted by Crippen LogP contribution is 2.28. The van der Waals surface area contributed by atoms with Crippen LogP contribution in [0.4, 0.5) is 10.8 Å². The highest BCUT2D eigenvalue weighted by atomic mass is 79.9. The molecule has 0 bridgehead atoms. The summed E-state index contributed by atoms with van der Waals surface area (Å²) in [6.45, 7) is 1.29. The molecule has 1 aromatic carbocycles. The van der Waals surface area contributed by atoms with E-state index in [4.69, 9.17) is 11.6 Å². The van der Waals surface area contributed by atoms with Crippen molar-refractivity contribution in [3.63, 3.8) is 0 Å². The van der Waals surface area contributed by atoms with Crippen molar-refractivity contribution in [2.75, 3.05) is 10.0 Å². The fourth-order valence-corrected chi connectivity index (χ4v) is 3.70. The van der Waals surface area contributed by atoms with Crippen molar-refractivity contribution in [2.45, 2.75) is 11.3 Å². The maximum atomic E-state index is 12.1. The van der Waals surface area contributed by atoms with Crippen molar-refractivity contribution in [2.24, 2.45) is 0 Å². The molecule has 0 radical (unpaired) electrons. The first kappa shape index (κ1) is 16.1. The van der Waals surface area contributed by atoms with Crippen molar-refractivity contribution >= 4 is 65.6 Å². The van der Waals surface area contributed by atoms with Gasteiger partial charge in [0.2, 0.25) is 11.0 Å². The monoisotopic (exact) mass is 410 g/mol. The Morgan fingerprint density at radius 3 is 2.71 bits per heavy atom. The van der Waals surface area contributed by atoms with Crippen LogP contribution < -0.4 is 10.0 Å². The minimum absolute atomic E-state index is 0.108. The molecule has 11 heteroatoms. The Balaban J connectivity index is 2.23. The number of hydrogen-bond acceptors (Lipinski definition) is 6. The van der Waals surface area contributed by atoms with Gasteiger partial charge in [0.25, 0.3) is 14.4 Å². The first-order valence-corrected chi connectivity index (χ1v) is 8.84. The van der Waals surface area contributed by atoms with Crippen LogP contribution >= 0.6 is 38.9 Å². The van der Waals surface area contributed by atoms with E-state index in [1.165, 1.54) is 13.0 Å². The van der Waals surface area contributed by atoms with Crippen LogP contribution in [0.15, 0.2) is 27.0 Å². The summed E-state index contributed by atoms with van der Waals surface area (Å²) in [6.07, 6.45) is 0.